The zero-order valence-corrected chi connectivity index (χ0v) is 17.4. The zero-order chi connectivity index (χ0) is 22.3. The summed E-state index contributed by atoms with van der Waals surface area (Å²) in [5.74, 6) is -0.507. The van der Waals surface area contributed by atoms with Crippen molar-refractivity contribution in [2.45, 2.75) is 50.3 Å². The second kappa shape index (κ2) is 8.83. The van der Waals surface area contributed by atoms with Crippen molar-refractivity contribution in [3.05, 3.63) is 54.1 Å². The monoisotopic (exact) mass is 452 g/mol. The normalized spacial score (nSPS) is 13.9. The van der Waals surface area contributed by atoms with E-state index in [1.807, 2.05) is 0 Å². The van der Waals surface area contributed by atoms with Crippen LogP contribution in [-0.4, -0.2) is 12.6 Å². The number of hydrogen-bond donors (Lipinski definition) is 0. The van der Waals surface area contributed by atoms with Gasteiger partial charge in [-0.2, -0.15) is 0 Å². The maximum Gasteiger partial charge on any atom is 0.343 e. The highest BCUT2D eigenvalue weighted by atomic mass is 32.5. The van der Waals surface area contributed by atoms with Crippen LogP contribution < -0.4 is 9.47 Å². The maximum absolute atomic E-state index is 12.7. The van der Waals surface area contributed by atoms with Gasteiger partial charge in [0.25, 0.3) is 0 Å². The van der Waals surface area contributed by atoms with Gasteiger partial charge in [0.1, 0.15) is 16.4 Å². The van der Waals surface area contributed by atoms with Crippen molar-refractivity contribution in [2.75, 3.05) is 6.61 Å². The molecule has 0 aliphatic carbocycles. The minimum Gasteiger partial charge on any atom is -0.494 e. The van der Waals surface area contributed by atoms with E-state index >= 15 is 0 Å². The molecule has 30 heavy (non-hydrogen) atoms. The fourth-order valence-corrected chi connectivity index (χ4v) is 3.34. The van der Waals surface area contributed by atoms with Crippen LogP contribution in [0.25, 0.3) is 0 Å². The van der Waals surface area contributed by atoms with E-state index in [1.165, 1.54) is 37.8 Å². The molecular formula is C21H25F5O3S. The molecule has 0 aromatic heterocycles. The third-order valence-electron chi connectivity index (χ3n) is 4.34. The van der Waals surface area contributed by atoms with Gasteiger partial charge in [0.15, 0.2) is 0 Å². The van der Waals surface area contributed by atoms with Crippen LogP contribution in [0.2, 0.25) is 0 Å². The van der Waals surface area contributed by atoms with Crippen LogP contribution in [0.1, 0.15) is 55.8 Å². The van der Waals surface area contributed by atoms with Gasteiger partial charge in [0.2, 0.25) is 0 Å². The molecule has 0 heterocycles. The van der Waals surface area contributed by atoms with Crippen LogP contribution in [0.5, 0.6) is 11.5 Å². The van der Waals surface area contributed by atoms with Crippen LogP contribution in [0.4, 0.5) is 19.4 Å². The quantitative estimate of drug-likeness (QED) is 0.149. The van der Waals surface area contributed by atoms with Crippen LogP contribution >= 0.6 is 10.2 Å². The number of unbranched alkanes of at least 4 members (excludes halogenated alkanes) is 5. The third-order valence-corrected chi connectivity index (χ3v) is 5.50. The topological polar surface area (TPSA) is 35.5 Å². The first kappa shape index (κ1) is 24.0. The van der Waals surface area contributed by atoms with Crippen molar-refractivity contribution in [1.29, 1.82) is 0 Å². The van der Waals surface area contributed by atoms with Crippen LogP contribution in [0.3, 0.4) is 0 Å². The fraction of sp³-hybridized carbons (Fsp3) is 0.381. The molecule has 0 spiro atoms. The number of ether oxygens (including phenoxy) is 2. The zero-order valence-electron chi connectivity index (χ0n) is 16.6. The molecule has 2 aromatic carbocycles. The SMILES string of the molecule is CCCCCCCCOc1ccc(C(=O)Oc2ccc(S(F)(F)(F)(F)F)cc2)cc1. The molecule has 0 amide bonds. The van der Waals surface area contributed by atoms with Crippen molar-refractivity contribution >= 4 is 16.2 Å². The average Bonchev–Trinajstić information content (AvgIpc) is 2.66. The standard InChI is InChI=1S/C21H25F5O3S/c1-2-3-4-5-6-7-16-28-18-10-8-17(9-11-18)21(27)29-19-12-14-20(15-13-19)30(22,23,24,25)26/h8-15H,2-7,16H2,1H3. The first-order valence-corrected chi connectivity index (χ1v) is 11.6. The molecule has 0 bridgehead atoms. The van der Waals surface area contributed by atoms with Crippen molar-refractivity contribution in [3.8, 4) is 11.5 Å². The summed E-state index contributed by atoms with van der Waals surface area (Å²) in [7, 11) is -9.75. The van der Waals surface area contributed by atoms with Gasteiger partial charge < -0.3 is 9.47 Å². The lowest BCUT2D eigenvalue weighted by atomic mass is 10.1. The van der Waals surface area contributed by atoms with Gasteiger partial charge in [0.05, 0.1) is 12.2 Å². The van der Waals surface area contributed by atoms with Crippen LogP contribution in [-0.2, 0) is 0 Å². The molecule has 0 fully saturated rings. The lowest BCUT2D eigenvalue weighted by Crippen LogP contribution is -2.09. The molecule has 2 aromatic rings. The summed E-state index contributed by atoms with van der Waals surface area (Å²) in [6.07, 6.45) is 6.84. The summed E-state index contributed by atoms with van der Waals surface area (Å²) in [4.78, 5) is 10.1. The second-order valence-corrected chi connectivity index (χ2v) is 9.38. The van der Waals surface area contributed by atoms with Gasteiger partial charge in [-0.15, -0.1) is 0 Å². The van der Waals surface area contributed by atoms with Crippen LogP contribution in [0, 0.1) is 0 Å². The Morgan fingerprint density at radius 2 is 1.30 bits per heavy atom. The second-order valence-electron chi connectivity index (χ2n) is 6.97. The van der Waals surface area contributed by atoms with Crippen molar-refractivity contribution in [2.24, 2.45) is 0 Å². The predicted octanol–water partition coefficient (Wildman–Crippen LogP) is 8.30. The first-order valence-electron chi connectivity index (χ1n) is 9.68. The Morgan fingerprint density at radius 3 is 1.87 bits per heavy atom. The smallest absolute Gasteiger partial charge is 0.343 e. The van der Waals surface area contributed by atoms with E-state index in [1.54, 1.807) is 12.1 Å². The predicted molar refractivity (Wildman–Crippen MR) is 108 cm³/mol. The molecule has 0 aliphatic heterocycles. The van der Waals surface area contributed by atoms with Gasteiger partial charge in [-0.3, -0.25) is 0 Å². The molecule has 0 saturated heterocycles. The van der Waals surface area contributed by atoms with E-state index < -0.39 is 21.1 Å². The minimum absolute atomic E-state index is 0.152. The van der Waals surface area contributed by atoms with E-state index in [2.05, 4.69) is 6.92 Å². The molecule has 0 unspecified atom stereocenters. The summed E-state index contributed by atoms with van der Waals surface area (Å²) < 4.78 is 74.1. The molecule has 9 heteroatoms. The van der Waals surface area contributed by atoms with Gasteiger partial charge in [0, 0.05) is 0 Å². The molecule has 0 radical (unpaired) electrons. The van der Waals surface area contributed by atoms with Crippen molar-refractivity contribution in [1.82, 2.24) is 0 Å². The third kappa shape index (κ3) is 7.85. The number of benzene rings is 2. The maximum atomic E-state index is 12.7. The first-order chi connectivity index (χ1) is 13.9. The number of esters is 1. The summed E-state index contributed by atoms with van der Waals surface area (Å²) in [6.45, 7) is 2.72. The van der Waals surface area contributed by atoms with E-state index in [-0.39, 0.29) is 23.4 Å². The highest BCUT2D eigenvalue weighted by Crippen LogP contribution is 3.02. The Kier molecular flexibility index (Phi) is 7.06. The Bertz CT molecular complexity index is 834. The fourth-order valence-electron chi connectivity index (χ4n) is 2.69. The molecule has 0 atom stereocenters. The van der Waals surface area contributed by atoms with Crippen molar-refractivity contribution < 1.29 is 33.7 Å². The van der Waals surface area contributed by atoms with E-state index in [0.717, 1.165) is 12.8 Å². The Hall–Kier alpha value is -2.29. The number of hydrogen-bond acceptors (Lipinski definition) is 3. The summed E-state index contributed by atoms with van der Waals surface area (Å²) >= 11 is 0. The van der Waals surface area contributed by atoms with E-state index in [0.29, 0.717) is 24.5 Å². The number of rotatable bonds is 11. The number of halogens is 5. The molecule has 3 nitrogen and oxygen atoms in total. The molecular weight excluding hydrogens is 427 g/mol. The highest BCUT2D eigenvalue weighted by molar-refractivity contribution is 8.45. The largest absolute Gasteiger partial charge is 0.494 e. The number of carbonyl (C=O) groups excluding carboxylic acids is 1. The van der Waals surface area contributed by atoms with Gasteiger partial charge in [-0.1, -0.05) is 58.5 Å². The average molecular weight is 452 g/mol. The molecule has 2 rings (SSSR count). The lowest BCUT2D eigenvalue weighted by Gasteiger charge is -2.40. The minimum atomic E-state index is -9.75. The van der Waals surface area contributed by atoms with Gasteiger partial charge in [-0.25, -0.2) is 4.79 Å². The van der Waals surface area contributed by atoms with Gasteiger partial charge >= 0.3 is 16.2 Å². The highest BCUT2D eigenvalue weighted by Gasteiger charge is 2.65. The summed E-state index contributed by atoms with van der Waals surface area (Å²) in [6, 6.07) is 7.86. The molecule has 0 N–H and O–H groups in total. The summed E-state index contributed by atoms with van der Waals surface area (Å²) in [5.41, 5.74) is 0.152. The molecule has 0 aliphatic rings. The number of carbonyl (C=O) groups is 1. The van der Waals surface area contributed by atoms with E-state index in [9.17, 15) is 24.2 Å². The lowest BCUT2D eigenvalue weighted by molar-refractivity contribution is 0.0734. The van der Waals surface area contributed by atoms with Crippen molar-refractivity contribution in [3.63, 3.8) is 0 Å². The Labute approximate surface area is 172 Å². The van der Waals surface area contributed by atoms with Crippen LogP contribution in [0.15, 0.2) is 53.4 Å². The summed E-state index contributed by atoms with van der Waals surface area (Å²) in [5, 5.41) is 0. The molecule has 168 valence electrons. The van der Waals surface area contributed by atoms with E-state index in [4.69, 9.17) is 9.47 Å². The Morgan fingerprint density at radius 1 is 0.767 bits per heavy atom. The Balaban J connectivity index is 1.85. The van der Waals surface area contributed by atoms with Gasteiger partial charge in [-0.05, 0) is 55.0 Å². The molecule has 0 saturated carbocycles.